The van der Waals surface area contributed by atoms with E-state index in [1.165, 1.54) is 51.8 Å². The highest BCUT2D eigenvalue weighted by Crippen LogP contribution is 2.48. The van der Waals surface area contributed by atoms with Gasteiger partial charge in [0.2, 0.25) is 0 Å². The fourth-order valence-corrected chi connectivity index (χ4v) is 5.45. The van der Waals surface area contributed by atoms with Crippen LogP contribution in [0.4, 0.5) is 0 Å². The highest BCUT2D eigenvalue weighted by atomic mass is 16.5. The minimum atomic E-state index is 0.169. The van der Waals surface area contributed by atoms with Crippen LogP contribution in [0.5, 0.6) is 5.75 Å². The number of fused-ring (bicyclic) bond motifs is 1. The van der Waals surface area contributed by atoms with Crippen LogP contribution in [-0.2, 0) is 10.8 Å². The van der Waals surface area contributed by atoms with Crippen LogP contribution in [-0.4, -0.2) is 7.11 Å². The Morgan fingerprint density at radius 3 is 1.91 bits per heavy atom. The van der Waals surface area contributed by atoms with Gasteiger partial charge in [0.15, 0.2) is 0 Å². The quantitative estimate of drug-likeness (QED) is 0.304. The Morgan fingerprint density at radius 2 is 1.18 bits per heavy atom. The summed E-state index contributed by atoms with van der Waals surface area (Å²) in [6.45, 7) is 9.56. The van der Waals surface area contributed by atoms with Crippen molar-refractivity contribution in [1.29, 1.82) is 0 Å². The van der Waals surface area contributed by atoms with E-state index in [2.05, 4.69) is 107 Å². The van der Waals surface area contributed by atoms with Gasteiger partial charge in [-0.2, -0.15) is 0 Å². The van der Waals surface area contributed by atoms with Gasteiger partial charge in [-0.15, -0.1) is 0 Å². The fraction of sp³-hybridized carbons (Fsp3) is 0.273. The van der Waals surface area contributed by atoms with E-state index in [1.807, 2.05) is 12.1 Å². The Kier molecular flexibility index (Phi) is 5.60. The van der Waals surface area contributed by atoms with Crippen molar-refractivity contribution in [3.63, 3.8) is 0 Å². The lowest BCUT2D eigenvalue weighted by atomic mass is 9.63. The summed E-state index contributed by atoms with van der Waals surface area (Å²) in [6, 6.07) is 33.0. The summed E-state index contributed by atoms with van der Waals surface area (Å²) >= 11 is 0. The summed E-state index contributed by atoms with van der Waals surface area (Å²) in [6.07, 6.45) is 2.43. The SMILES string of the molecule is COc1ccccc1-c1ccc(-c2ccccc2)cc1-c1ccc2c(c1)C(C)(C)CCC2(C)C. The first-order valence-corrected chi connectivity index (χ1v) is 12.3. The van der Waals surface area contributed by atoms with E-state index in [1.54, 1.807) is 7.11 Å². The van der Waals surface area contributed by atoms with Crippen molar-refractivity contribution in [2.45, 2.75) is 51.4 Å². The van der Waals surface area contributed by atoms with E-state index in [4.69, 9.17) is 4.74 Å². The number of hydrogen-bond donors (Lipinski definition) is 0. The lowest BCUT2D eigenvalue weighted by Crippen LogP contribution is -2.33. The topological polar surface area (TPSA) is 9.23 Å². The van der Waals surface area contributed by atoms with Gasteiger partial charge in [-0.1, -0.05) is 107 Å². The van der Waals surface area contributed by atoms with Gasteiger partial charge in [0.1, 0.15) is 5.75 Å². The maximum absolute atomic E-state index is 5.76. The molecule has 1 aliphatic rings. The van der Waals surface area contributed by atoms with E-state index in [9.17, 15) is 0 Å². The number of benzene rings is 4. The molecule has 0 spiro atoms. The summed E-state index contributed by atoms with van der Waals surface area (Å²) < 4.78 is 5.76. The Morgan fingerprint density at radius 1 is 0.529 bits per heavy atom. The molecule has 1 aliphatic carbocycles. The van der Waals surface area contributed by atoms with Crippen molar-refractivity contribution in [1.82, 2.24) is 0 Å². The van der Waals surface area contributed by atoms with Crippen molar-refractivity contribution in [2.75, 3.05) is 7.11 Å². The predicted octanol–water partition coefficient (Wildman–Crippen LogP) is 9.05. The van der Waals surface area contributed by atoms with E-state index in [0.29, 0.717) is 0 Å². The van der Waals surface area contributed by atoms with Crippen molar-refractivity contribution in [2.24, 2.45) is 0 Å². The Hall–Kier alpha value is -3.32. The molecule has 0 radical (unpaired) electrons. The molecule has 34 heavy (non-hydrogen) atoms. The maximum Gasteiger partial charge on any atom is 0.126 e. The van der Waals surface area contributed by atoms with Crippen LogP contribution >= 0.6 is 0 Å². The van der Waals surface area contributed by atoms with Gasteiger partial charge in [-0.05, 0) is 74.7 Å². The van der Waals surface area contributed by atoms with Crippen molar-refractivity contribution < 1.29 is 4.74 Å². The van der Waals surface area contributed by atoms with Gasteiger partial charge in [-0.3, -0.25) is 0 Å². The molecule has 4 aromatic carbocycles. The first-order chi connectivity index (χ1) is 16.3. The maximum atomic E-state index is 5.76. The second-order valence-electron chi connectivity index (χ2n) is 10.9. The lowest BCUT2D eigenvalue weighted by Gasteiger charge is -2.42. The Balaban J connectivity index is 1.76. The normalized spacial score (nSPS) is 16.0. The van der Waals surface area contributed by atoms with Gasteiger partial charge in [-0.25, -0.2) is 0 Å². The Bertz CT molecular complexity index is 1330. The highest BCUT2D eigenvalue weighted by Gasteiger charge is 2.37. The number of rotatable bonds is 4. The predicted molar refractivity (Wildman–Crippen MR) is 145 cm³/mol. The number of ether oxygens (including phenoxy) is 1. The van der Waals surface area contributed by atoms with Gasteiger partial charge in [0.25, 0.3) is 0 Å². The number of para-hydroxylation sites is 1. The third-order valence-corrected chi connectivity index (χ3v) is 7.69. The molecule has 0 bridgehead atoms. The first-order valence-electron chi connectivity index (χ1n) is 12.3. The van der Waals surface area contributed by atoms with Crippen LogP contribution in [0.2, 0.25) is 0 Å². The number of hydrogen-bond acceptors (Lipinski definition) is 1. The van der Waals surface area contributed by atoms with E-state index >= 15 is 0 Å². The van der Waals surface area contributed by atoms with Crippen LogP contribution in [0.15, 0.2) is 91.0 Å². The van der Waals surface area contributed by atoms with Crippen LogP contribution < -0.4 is 4.74 Å². The molecule has 4 aromatic rings. The lowest BCUT2D eigenvalue weighted by molar-refractivity contribution is 0.332. The molecule has 1 nitrogen and oxygen atoms in total. The molecule has 172 valence electrons. The average Bonchev–Trinajstić information content (AvgIpc) is 2.87. The summed E-state index contributed by atoms with van der Waals surface area (Å²) in [7, 11) is 1.75. The van der Waals surface area contributed by atoms with Crippen molar-refractivity contribution in [3.05, 3.63) is 102 Å². The van der Waals surface area contributed by atoms with Gasteiger partial charge in [0, 0.05) is 5.56 Å². The fourth-order valence-electron chi connectivity index (χ4n) is 5.45. The molecule has 0 saturated carbocycles. The van der Waals surface area contributed by atoms with Gasteiger partial charge >= 0.3 is 0 Å². The molecule has 0 N–H and O–H groups in total. The largest absolute Gasteiger partial charge is 0.496 e. The molecule has 0 fully saturated rings. The second-order valence-corrected chi connectivity index (χ2v) is 10.9. The minimum absolute atomic E-state index is 0.169. The molecule has 0 unspecified atom stereocenters. The summed E-state index contributed by atoms with van der Waals surface area (Å²) in [5.41, 5.74) is 10.6. The average molecular weight is 447 g/mol. The molecule has 0 saturated heterocycles. The zero-order valence-corrected chi connectivity index (χ0v) is 21.0. The van der Waals surface area contributed by atoms with Gasteiger partial charge in [0.05, 0.1) is 7.11 Å². The number of methoxy groups -OCH3 is 1. The molecule has 0 aromatic heterocycles. The van der Waals surface area contributed by atoms with Crippen LogP contribution in [0, 0.1) is 0 Å². The zero-order chi connectivity index (χ0) is 23.9. The molecule has 1 heteroatoms. The van der Waals surface area contributed by atoms with E-state index in [-0.39, 0.29) is 10.8 Å². The summed E-state index contributed by atoms with van der Waals surface area (Å²) in [4.78, 5) is 0. The smallest absolute Gasteiger partial charge is 0.126 e. The molecule has 0 atom stereocenters. The first kappa shape index (κ1) is 22.5. The standard InChI is InChI=1S/C33H34O/c1-32(2)19-20-33(3,4)30-22-25(16-18-29(30)32)28-21-24(23-11-7-6-8-12-23)15-17-26(28)27-13-9-10-14-31(27)34-5/h6-18,21-22H,19-20H2,1-5H3. The summed E-state index contributed by atoms with van der Waals surface area (Å²) in [5.74, 6) is 0.899. The van der Waals surface area contributed by atoms with Crippen molar-refractivity contribution >= 4 is 0 Å². The zero-order valence-electron chi connectivity index (χ0n) is 21.0. The van der Waals surface area contributed by atoms with Crippen LogP contribution in [0.25, 0.3) is 33.4 Å². The summed E-state index contributed by atoms with van der Waals surface area (Å²) in [5, 5.41) is 0. The van der Waals surface area contributed by atoms with Gasteiger partial charge < -0.3 is 4.74 Å². The molecule has 0 amide bonds. The molecule has 0 aliphatic heterocycles. The van der Waals surface area contributed by atoms with Crippen LogP contribution in [0.1, 0.15) is 51.7 Å². The van der Waals surface area contributed by atoms with Crippen molar-refractivity contribution in [3.8, 4) is 39.1 Å². The minimum Gasteiger partial charge on any atom is -0.496 e. The molecular weight excluding hydrogens is 412 g/mol. The third kappa shape index (κ3) is 3.94. The molecule has 5 rings (SSSR count). The molecular formula is C33H34O. The van der Waals surface area contributed by atoms with E-state index < -0.39 is 0 Å². The Labute approximate surface area is 204 Å². The highest BCUT2D eigenvalue weighted by molar-refractivity contribution is 5.89. The monoisotopic (exact) mass is 446 g/mol. The second kappa shape index (κ2) is 8.47. The third-order valence-electron chi connectivity index (χ3n) is 7.69. The molecule has 0 heterocycles. The van der Waals surface area contributed by atoms with Crippen LogP contribution in [0.3, 0.4) is 0 Å². The van der Waals surface area contributed by atoms with E-state index in [0.717, 1.165) is 11.3 Å².